The molecule has 0 aromatic carbocycles. The van der Waals surface area contributed by atoms with Crippen LogP contribution in [0.25, 0.3) is 0 Å². The van der Waals surface area contributed by atoms with Gasteiger partial charge in [0.25, 0.3) is 0 Å². The summed E-state index contributed by atoms with van der Waals surface area (Å²) in [5.74, 6) is 1.74. The van der Waals surface area contributed by atoms with Gasteiger partial charge in [0, 0.05) is 24.6 Å². The van der Waals surface area contributed by atoms with E-state index < -0.39 is 10.0 Å². The number of sulfonamides is 1. The summed E-state index contributed by atoms with van der Waals surface area (Å²) < 4.78 is 26.2. The van der Waals surface area contributed by atoms with Gasteiger partial charge >= 0.3 is 0 Å². The lowest BCUT2D eigenvalue weighted by atomic mass is 10.4. The number of nitrogens with one attached hydrogen (secondary N) is 1. The van der Waals surface area contributed by atoms with Crippen molar-refractivity contribution >= 4 is 21.8 Å². The molecule has 2 heterocycles. The van der Waals surface area contributed by atoms with E-state index >= 15 is 0 Å². The topological polar surface area (TPSA) is 66.1 Å². The number of hydrogen-bond donors (Lipinski definition) is 1. The smallest absolute Gasteiger partial charge is 0.246 e. The minimum Gasteiger partial charge on any atom is -0.281 e. The summed E-state index contributed by atoms with van der Waals surface area (Å²) >= 11 is 1.79. The minimum absolute atomic E-state index is 0.347. The molecular weight excluding hydrogens is 246 g/mol. The molecule has 1 N–H and O–H groups in total. The lowest BCUT2D eigenvalue weighted by Crippen LogP contribution is -2.38. The number of aromatic amines is 1. The summed E-state index contributed by atoms with van der Waals surface area (Å²) in [6, 6.07) is 0. The molecular formula is C9H15N3O2S2. The first-order chi connectivity index (χ1) is 7.53. The van der Waals surface area contributed by atoms with E-state index in [2.05, 4.69) is 10.2 Å². The summed E-state index contributed by atoms with van der Waals surface area (Å²) in [5.41, 5.74) is 1.17. The Balaban J connectivity index is 2.38. The van der Waals surface area contributed by atoms with Gasteiger partial charge in [0.15, 0.2) is 0 Å². The van der Waals surface area contributed by atoms with Gasteiger partial charge in [0.2, 0.25) is 10.0 Å². The molecule has 0 spiro atoms. The summed E-state index contributed by atoms with van der Waals surface area (Å²) in [4.78, 5) is 0.347. The van der Waals surface area contributed by atoms with Gasteiger partial charge in [-0.25, -0.2) is 8.42 Å². The Morgan fingerprint density at radius 3 is 2.44 bits per heavy atom. The van der Waals surface area contributed by atoms with Gasteiger partial charge in [-0.1, -0.05) is 0 Å². The molecule has 1 aromatic rings. The van der Waals surface area contributed by atoms with Gasteiger partial charge in [0.05, 0.1) is 11.4 Å². The van der Waals surface area contributed by atoms with Gasteiger partial charge < -0.3 is 0 Å². The van der Waals surface area contributed by atoms with Crippen LogP contribution in [0.5, 0.6) is 0 Å². The number of rotatable bonds is 2. The molecule has 0 saturated carbocycles. The van der Waals surface area contributed by atoms with Gasteiger partial charge in [-0.05, 0) is 13.8 Å². The van der Waals surface area contributed by atoms with Crippen molar-refractivity contribution in [3.8, 4) is 0 Å². The zero-order chi connectivity index (χ0) is 11.8. The highest BCUT2D eigenvalue weighted by Crippen LogP contribution is 2.23. The SMILES string of the molecule is Cc1n[nH]c(C)c1S(=O)(=O)N1CCSCC1. The maximum absolute atomic E-state index is 12.3. The van der Waals surface area contributed by atoms with E-state index in [0.717, 1.165) is 11.5 Å². The molecule has 1 fully saturated rings. The first-order valence-corrected chi connectivity index (χ1v) is 7.72. The fourth-order valence-corrected chi connectivity index (χ4v) is 4.74. The molecule has 0 radical (unpaired) electrons. The largest absolute Gasteiger partial charge is 0.281 e. The monoisotopic (exact) mass is 261 g/mol. The van der Waals surface area contributed by atoms with Crippen LogP contribution in [0.4, 0.5) is 0 Å². The number of H-pyrrole nitrogens is 1. The van der Waals surface area contributed by atoms with Crippen LogP contribution in [0, 0.1) is 13.8 Å². The Morgan fingerprint density at radius 2 is 1.94 bits per heavy atom. The molecule has 2 rings (SSSR count). The van der Waals surface area contributed by atoms with Crippen LogP contribution in [0.1, 0.15) is 11.4 Å². The lowest BCUT2D eigenvalue weighted by Gasteiger charge is -2.25. The summed E-state index contributed by atoms with van der Waals surface area (Å²) in [6.07, 6.45) is 0. The van der Waals surface area contributed by atoms with Gasteiger partial charge in [0.1, 0.15) is 4.90 Å². The highest BCUT2D eigenvalue weighted by Gasteiger charge is 2.30. The number of aryl methyl sites for hydroxylation is 2. The third-order valence-corrected chi connectivity index (χ3v) is 5.73. The molecule has 0 amide bonds. The van der Waals surface area contributed by atoms with Crippen molar-refractivity contribution in [2.45, 2.75) is 18.7 Å². The van der Waals surface area contributed by atoms with Gasteiger partial charge in [-0.15, -0.1) is 0 Å². The Labute approximate surface area is 99.7 Å². The predicted octanol–water partition coefficient (Wildman–Crippen LogP) is 0.764. The molecule has 16 heavy (non-hydrogen) atoms. The van der Waals surface area contributed by atoms with Crippen molar-refractivity contribution in [2.24, 2.45) is 0 Å². The average molecular weight is 261 g/mol. The van der Waals surface area contributed by atoms with E-state index in [1.54, 1.807) is 29.9 Å². The Morgan fingerprint density at radius 1 is 1.31 bits per heavy atom. The Hall–Kier alpha value is -0.530. The first-order valence-electron chi connectivity index (χ1n) is 5.13. The van der Waals surface area contributed by atoms with E-state index in [9.17, 15) is 8.42 Å². The van der Waals surface area contributed by atoms with Crippen LogP contribution >= 0.6 is 11.8 Å². The molecule has 0 unspecified atom stereocenters. The third-order valence-electron chi connectivity index (χ3n) is 2.63. The van der Waals surface area contributed by atoms with Crippen LogP contribution < -0.4 is 0 Å². The number of thioether (sulfide) groups is 1. The van der Waals surface area contributed by atoms with Gasteiger partial charge in [-0.3, -0.25) is 5.10 Å². The van der Waals surface area contributed by atoms with E-state index in [-0.39, 0.29) is 0 Å². The van der Waals surface area contributed by atoms with E-state index in [4.69, 9.17) is 0 Å². The predicted molar refractivity (Wildman–Crippen MR) is 64.1 cm³/mol. The number of hydrogen-bond acceptors (Lipinski definition) is 4. The van der Waals surface area contributed by atoms with E-state index in [1.165, 1.54) is 0 Å². The van der Waals surface area contributed by atoms with E-state index in [0.29, 0.717) is 29.4 Å². The standard InChI is InChI=1S/C9H15N3O2S2/c1-7-9(8(2)11-10-7)16(13,14)12-3-5-15-6-4-12/h3-6H2,1-2H3,(H,10,11). The molecule has 0 bridgehead atoms. The van der Waals surface area contributed by atoms with E-state index in [1.807, 2.05) is 0 Å². The second kappa shape index (κ2) is 4.38. The summed E-state index contributed by atoms with van der Waals surface area (Å²) in [5, 5.41) is 6.66. The van der Waals surface area contributed by atoms with Crippen LogP contribution in [-0.4, -0.2) is 47.5 Å². The second-order valence-corrected chi connectivity index (χ2v) is 6.88. The average Bonchev–Trinajstić information content (AvgIpc) is 2.60. The van der Waals surface area contributed by atoms with Crippen molar-refractivity contribution in [1.29, 1.82) is 0 Å². The molecule has 1 aliphatic heterocycles. The highest BCUT2D eigenvalue weighted by molar-refractivity contribution is 7.99. The zero-order valence-corrected chi connectivity index (χ0v) is 11.0. The van der Waals surface area contributed by atoms with Gasteiger partial charge in [-0.2, -0.15) is 21.2 Å². The summed E-state index contributed by atoms with van der Waals surface area (Å²) in [6.45, 7) is 4.65. The first kappa shape index (κ1) is 11.9. The number of aromatic nitrogens is 2. The molecule has 1 saturated heterocycles. The highest BCUT2D eigenvalue weighted by atomic mass is 32.2. The van der Waals surface area contributed by atoms with Crippen molar-refractivity contribution in [3.05, 3.63) is 11.4 Å². The second-order valence-electron chi connectivity index (χ2n) is 3.78. The Kier molecular flexibility index (Phi) is 3.27. The number of nitrogens with zero attached hydrogens (tertiary/aromatic N) is 2. The summed E-state index contributed by atoms with van der Waals surface area (Å²) in [7, 11) is -3.35. The van der Waals surface area contributed by atoms with Crippen LogP contribution in [0.3, 0.4) is 0 Å². The normalized spacial score (nSPS) is 18.9. The fraction of sp³-hybridized carbons (Fsp3) is 0.667. The molecule has 1 aliphatic rings. The lowest BCUT2D eigenvalue weighted by molar-refractivity contribution is 0.443. The molecule has 0 aliphatic carbocycles. The molecule has 5 nitrogen and oxygen atoms in total. The molecule has 1 aromatic heterocycles. The fourth-order valence-electron chi connectivity index (χ4n) is 1.84. The quantitative estimate of drug-likeness (QED) is 0.853. The maximum atomic E-state index is 12.3. The maximum Gasteiger partial charge on any atom is 0.246 e. The molecule has 7 heteroatoms. The minimum atomic E-state index is -3.35. The van der Waals surface area contributed by atoms with Crippen LogP contribution in [0.15, 0.2) is 4.90 Å². The zero-order valence-electron chi connectivity index (χ0n) is 9.36. The van der Waals surface area contributed by atoms with Crippen molar-refractivity contribution in [1.82, 2.24) is 14.5 Å². The Bertz CT molecular complexity index is 455. The van der Waals surface area contributed by atoms with Crippen LogP contribution in [0.2, 0.25) is 0 Å². The van der Waals surface area contributed by atoms with Crippen molar-refractivity contribution in [2.75, 3.05) is 24.6 Å². The third kappa shape index (κ3) is 1.99. The molecule has 0 atom stereocenters. The van der Waals surface area contributed by atoms with Crippen molar-refractivity contribution < 1.29 is 8.42 Å². The van der Waals surface area contributed by atoms with Crippen LogP contribution in [-0.2, 0) is 10.0 Å². The van der Waals surface area contributed by atoms with Crippen molar-refractivity contribution in [3.63, 3.8) is 0 Å². The molecule has 90 valence electrons.